The molecule has 0 saturated carbocycles. The number of allylic oxidation sites excluding steroid dienone is 1. The first-order valence-corrected chi connectivity index (χ1v) is 7.66. The number of carbonyl (C=O) groups is 3. The predicted molar refractivity (Wildman–Crippen MR) is 78.0 cm³/mol. The molecule has 6 heteroatoms. The molecule has 118 valence electrons. The van der Waals surface area contributed by atoms with Crippen LogP contribution in [-0.2, 0) is 23.9 Å². The van der Waals surface area contributed by atoms with Crippen LogP contribution in [0.3, 0.4) is 0 Å². The summed E-state index contributed by atoms with van der Waals surface area (Å²) in [6.07, 6.45) is 6.18. The lowest BCUT2D eigenvalue weighted by molar-refractivity contribution is -0.144. The predicted octanol–water partition coefficient (Wildman–Crippen LogP) is 2.55. The molecule has 0 fully saturated rings. The molecule has 0 aromatic rings. The molecule has 1 atom stereocenters. The van der Waals surface area contributed by atoms with Gasteiger partial charge in [-0.25, -0.2) is 0 Å². The lowest BCUT2D eigenvalue weighted by Crippen LogP contribution is -2.15. The molecular weight excluding hydrogens is 296 g/mol. The fraction of sp³-hybridized carbons (Fsp3) is 0.667. The van der Waals surface area contributed by atoms with Gasteiger partial charge in [-0.05, 0) is 30.9 Å². The van der Waals surface area contributed by atoms with Crippen LogP contribution in [0, 0.1) is 0 Å². The van der Waals surface area contributed by atoms with Crippen molar-refractivity contribution in [3.8, 4) is 0 Å². The summed E-state index contributed by atoms with van der Waals surface area (Å²) in [6.45, 7) is 0. The number of ether oxygens (including phenoxy) is 2. The van der Waals surface area contributed by atoms with E-state index in [-0.39, 0.29) is 24.1 Å². The number of esters is 2. The molecule has 0 heterocycles. The van der Waals surface area contributed by atoms with Gasteiger partial charge in [0.1, 0.15) is 12.0 Å². The van der Waals surface area contributed by atoms with Crippen LogP contribution in [0.25, 0.3) is 0 Å². The number of halogens is 1. The fourth-order valence-corrected chi connectivity index (χ4v) is 2.29. The number of unbranched alkanes of at least 4 members (excludes halogenated alkanes) is 3. The Morgan fingerprint density at radius 2 is 1.95 bits per heavy atom. The Labute approximate surface area is 129 Å². The van der Waals surface area contributed by atoms with E-state index in [2.05, 4.69) is 4.74 Å². The zero-order valence-electron chi connectivity index (χ0n) is 12.2. The molecule has 0 saturated heterocycles. The molecule has 21 heavy (non-hydrogen) atoms. The number of hydrogen-bond acceptors (Lipinski definition) is 5. The molecular formula is C15H21ClO5. The first-order valence-electron chi connectivity index (χ1n) is 7.13. The molecule has 0 bridgehead atoms. The third-order valence-corrected chi connectivity index (χ3v) is 3.55. The van der Waals surface area contributed by atoms with Gasteiger partial charge in [0, 0.05) is 6.42 Å². The molecule has 1 aliphatic carbocycles. The van der Waals surface area contributed by atoms with Crippen LogP contribution in [-0.4, -0.2) is 36.8 Å². The van der Waals surface area contributed by atoms with E-state index < -0.39 is 12.1 Å². The van der Waals surface area contributed by atoms with Gasteiger partial charge >= 0.3 is 11.9 Å². The summed E-state index contributed by atoms with van der Waals surface area (Å²) >= 11 is 5.35. The van der Waals surface area contributed by atoms with Gasteiger partial charge in [-0.15, -0.1) is 11.6 Å². The van der Waals surface area contributed by atoms with Crippen LogP contribution in [0.2, 0.25) is 0 Å². The molecule has 1 unspecified atom stereocenters. The molecule has 0 radical (unpaired) electrons. The quantitative estimate of drug-likeness (QED) is 0.371. The highest BCUT2D eigenvalue weighted by Crippen LogP contribution is 2.23. The molecule has 0 aromatic heterocycles. The molecule has 1 aliphatic rings. The van der Waals surface area contributed by atoms with Crippen molar-refractivity contribution in [2.75, 3.05) is 13.0 Å². The maximum absolute atomic E-state index is 11.7. The fourth-order valence-electron chi connectivity index (χ4n) is 2.23. The van der Waals surface area contributed by atoms with E-state index in [4.69, 9.17) is 16.3 Å². The monoisotopic (exact) mass is 316 g/mol. The van der Waals surface area contributed by atoms with Crippen LogP contribution in [0.4, 0.5) is 0 Å². The third-order valence-electron chi connectivity index (χ3n) is 3.33. The van der Waals surface area contributed by atoms with Gasteiger partial charge < -0.3 is 9.47 Å². The van der Waals surface area contributed by atoms with E-state index in [1.54, 1.807) is 6.08 Å². The number of Topliss-reactive ketones (excluding diaryl/α,β-unsaturated/α-hetero) is 1. The molecule has 5 nitrogen and oxygen atoms in total. The summed E-state index contributed by atoms with van der Waals surface area (Å²) in [4.78, 5) is 33.7. The van der Waals surface area contributed by atoms with E-state index in [1.807, 2.05) is 0 Å². The summed E-state index contributed by atoms with van der Waals surface area (Å²) in [6, 6.07) is 0. The van der Waals surface area contributed by atoms with Crippen molar-refractivity contribution >= 4 is 29.3 Å². The number of rotatable bonds is 9. The first-order chi connectivity index (χ1) is 10.1. The average Bonchev–Trinajstić information content (AvgIpc) is 2.81. The first kappa shape index (κ1) is 17.7. The highest BCUT2D eigenvalue weighted by molar-refractivity contribution is 6.26. The van der Waals surface area contributed by atoms with Gasteiger partial charge in [0.05, 0.1) is 13.5 Å². The van der Waals surface area contributed by atoms with Gasteiger partial charge in [0.25, 0.3) is 0 Å². The lowest BCUT2D eigenvalue weighted by atomic mass is 10.0. The van der Waals surface area contributed by atoms with E-state index in [1.165, 1.54) is 7.11 Å². The normalized spacial score (nSPS) is 17.5. The largest absolute Gasteiger partial charge is 0.469 e. The Morgan fingerprint density at radius 1 is 1.24 bits per heavy atom. The molecule has 1 rings (SSSR count). The van der Waals surface area contributed by atoms with Crippen molar-refractivity contribution in [1.82, 2.24) is 0 Å². The maximum Gasteiger partial charge on any atom is 0.321 e. The Morgan fingerprint density at radius 3 is 2.62 bits per heavy atom. The minimum atomic E-state index is -0.505. The highest BCUT2D eigenvalue weighted by atomic mass is 35.5. The summed E-state index contributed by atoms with van der Waals surface area (Å²) in [5, 5.41) is 0. The second kappa shape index (κ2) is 9.55. The standard InChI is InChI=1S/C15H21ClO5/c1-20-14(18)7-5-3-2-4-6-11-8-12(9-13(11)17)21-15(19)10-16/h8,12H,2-7,9-10H2,1H3. The van der Waals surface area contributed by atoms with Gasteiger partial charge in [0.15, 0.2) is 5.78 Å². The van der Waals surface area contributed by atoms with E-state index in [0.29, 0.717) is 12.8 Å². The number of methoxy groups -OCH3 is 1. The molecule has 0 N–H and O–H groups in total. The van der Waals surface area contributed by atoms with Crippen molar-refractivity contribution in [3.63, 3.8) is 0 Å². The van der Waals surface area contributed by atoms with Crippen molar-refractivity contribution in [2.45, 2.75) is 51.0 Å². The molecule has 0 amide bonds. The highest BCUT2D eigenvalue weighted by Gasteiger charge is 2.25. The summed E-state index contributed by atoms with van der Waals surface area (Å²) in [7, 11) is 1.38. The Hall–Kier alpha value is -1.36. The Kier molecular flexibility index (Phi) is 8.05. The number of hydrogen-bond donors (Lipinski definition) is 0. The second-order valence-corrected chi connectivity index (χ2v) is 5.24. The third kappa shape index (κ3) is 6.76. The second-order valence-electron chi connectivity index (χ2n) is 4.97. The number of ketones is 1. The van der Waals surface area contributed by atoms with Crippen LogP contribution in [0.15, 0.2) is 11.6 Å². The van der Waals surface area contributed by atoms with Crippen LogP contribution >= 0.6 is 11.6 Å². The minimum absolute atomic E-state index is 0.0388. The van der Waals surface area contributed by atoms with E-state index in [0.717, 1.165) is 31.3 Å². The van der Waals surface area contributed by atoms with E-state index >= 15 is 0 Å². The van der Waals surface area contributed by atoms with Crippen molar-refractivity contribution in [2.24, 2.45) is 0 Å². The summed E-state index contributed by atoms with van der Waals surface area (Å²) < 4.78 is 9.59. The van der Waals surface area contributed by atoms with Crippen LogP contribution < -0.4 is 0 Å². The van der Waals surface area contributed by atoms with Crippen LogP contribution in [0.1, 0.15) is 44.9 Å². The topological polar surface area (TPSA) is 69.7 Å². The van der Waals surface area contributed by atoms with Gasteiger partial charge in [-0.3, -0.25) is 14.4 Å². The molecule has 0 aliphatic heterocycles. The summed E-state index contributed by atoms with van der Waals surface area (Å²) in [5.74, 6) is -0.854. The Balaban J connectivity index is 2.19. The van der Waals surface area contributed by atoms with E-state index in [9.17, 15) is 14.4 Å². The van der Waals surface area contributed by atoms with Gasteiger partial charge in [-0.2, -0.15) is 0 Å². The smallest absolute Gasteiger partial charge is 0.321 e. The SMILES string of the molecule is COC(=O)CCCCCCC1=CC(OC(=O)CCl)CC1=O. The van der Waals surface area contributed by atoms with Gasteiger partial charge in [0.2, 0.25) is 0 Å². The van der Waals surface area contributed by atoms with Crippen molar-refractivity contribution < 1.29 is 23.9 Å². The minimum Gasteiger partial charge on any atom is -0.469 e. The maximum atomic E-state index is 11.7. The van der Waals surface area contributed by atoms with Crippen LogP contribution in [0.5, 0.6) is 0 Å². The number of carbonyl (C=O) groups excluding carboxylic acids is 3. The lowest BCUT2D eigenvalue weighted by Gasteiger charge is -2.06. The Bertz CT molecular complexity index is 416. The van der Waals surface area contributed by atoms with Crippen molar-refractivity contribution in [1.29, 1.82) is 0 Å². The zero-order valence-corrected chi connectivity index (χ0v) is 13.0. The average molecular weight is 317 g/mol. The van der Waals surface area contributed by atoms with Crippen molar-refractivity contribution in [3.05, 3.63) is 11.6 Å². The zero-order chi connectivity index (χ0) is 15.7. The molecule has 0 aromatic carbocycles. The van der Waals surface area contributed by atoms with Gasteiger partial charge in [-0.1, -0.05) is 12.8 Å². The summed E-state index contributed by atoms with van der Waals surface area (Å²) in [5.41, 5.74) is 0.732. The number of alkyl halides is 1. The molecule has 0 spiro atoms.